The number of hydrogen-bond donors (Lipinski definition) is 1. The van der Waals surface area contributed by atoms with E-state index in [2.05, 4.69) is 10.3 Å². The molecule has 0 aliphatic rings. The fourth-order valence-electron chi connectivity index (χ4n) is 2.46. The largest absolute Gasteiger partial charge is 0.420 e. The lowest BCUT2D eigenvalue weighted by Gasteiger charge is -2.02. The average molecular weight is 394 g/mol. The third-order valence-corrected chi connectivity index (χ3v) is 5.30. The molecule has 0 aliphatic heterocycles. The predicted octanol–water partition coefficient (Wildman–Crippen LogP) is 4.15. The molecule has 0 saturated carbocycles. The Morgan fingerprint density at radius 2 is 2.04 bits per heavy atom. The number of nitrogens with zero attached hydrogens (tertiary/aromatic N) is 2. The van der Waals surface area contributed by atoms with Crippen LogP contribution in [0, 0.1) is 0 Å². The van der Waals surface area contributed by atoms with E-state index in [0.717, 1.165) is 4.70 Å². The molecule has 126 valence electrons. The molecule has 0 spiro atoms. The van der Waals surface area contributed by atoms with E-state index in [1.54, 1.807) is 36.4 Å². The van der Waals surface area contributed by atoms with Crippen molar-refractivity contribution in [2.75, 3.05) is 5.32 Å². The van der Waals surface area contributed by atoms with E-state index in [1.165, 1.54) is 15.9 Å². The van der Waals surface area contributed by atoms with Crippen LogP contribution in [-0.2, 0) is 11.3 Å². The lowest BCUT2D eigenvalue weighted by Crippen LogP contribution is -2.24. The molecule has 9 heteroatoms. The van der Waals surface area contributed by atoms with Crippen molar-refractivity contribution in [2.45, 2.75) is 6.54 Å². The van der Waals surface area contributed by atoms with Crippen LogP contribution in [0.1, 0.15) is 0 Å². The predicted molar refractivity (Wildman–Crippen MR) is 98.7 cm³/mol. The Bertz CT molecular complexity index is 1180. The van der Waals surface area contributed by atoms with E-state index < -0.39 is 11.7 Å². The van der Waals surface area contributed by atoms with Crippen LogP contribution >= 0.6 is 34.5 Å². The second kappa shape index (κ2) is 6.18. The Morgan fingerprint density at radius 1 is 1.24 bits per heavy atom. The van der Waals surface area contributed by atoms with Gasteiger partial charge >= 0.3 is 5.76 Å². The van der Waals surface area contributed by atoms with Crippen molar-refractivity contribution in [1.82, 2.24) is 9.55 Å². The minimum atomic E-state index is -0.588. The number of para-hydroxylation sites is 2. The van der Waals surface area contributed by atoms with Gasteiger partial charge in [0.25, 0.3) is 0 Å². The van der Waals surface area contributed by atoms with Crippen LogP contribution in [0.4, 0.5) is 5.13 Å². The van der Waals surface area contributed by atoms with E-state index in [9.17, 15) is 9.59 Å². The Hall–Kier alpha value is -2.35. The average Bonchev–Trinajstić information content (AvgIpc) is 3.13. The molecule has 2 heterocycles. The van der Waals surface area contributed by atoms with Gasteiger partial charge in [-0.2, -0.15) is 0 Å². The van der Waals surface area contributed by atoms with Gasteiger partial charge in [-0.15, -0.1) is 0 Å². The van der Waals surface area contributed by atoms with E-state index in [0.29, 0.717) is 31.8 Å². The lowest BCUT2D eigenvalue weighted by atomic mass is 10.3. The first kappa shape index (κ1) is 16.1. The van der Waals surface area contributed by atoms with Crippen LogP contribution < -0.4 is 11.1 Å². The summed E-state index contributed by atoms with van der Waals surface area (Å²) in [5, 5.41) is 3.79. The van der Waals surface area contributed by atoms with Crippen LogP contribution in [0.5, 0.6) is 0 Å². The Balaban J connectivity index is 1.61. The van der Waals surface area contributed by atoms with E-state index in [4.69, 9.17) is 27.6 Å². The normalized spacial score (nSPS) is 11.3. The molecule has 4 rings (SSSR count). The lowest BCUT2D eigenvalue weighted by molar-refractivity contribution is -0.116. The molecule has 0 bridgehead atoms. The number of aromatic nitrogens is 2. The number of hydrogen-bond acceptors (Lipinski definition) is 5. The summed E-state index contributed by atoms with van der Waals surface area (Å²) in [6.45, 7) is -0.180. The van der Waals surface area contributed by atoms with Crippen LogP contribution in [0.25, 0.3) is 21.3 Å². The Labute approximate surface area is 154 Å². The van der Waals surface area contributed by atoms with Gasteiger partial charge in [0.2, 0.25) is 5.91 Å². The molecule has 1 amide bonds. The van der Waals surface area contributed by atoms with Crippen LogP contribution in [0.3, 0.4) is 0 Å². The van der Waals surface area contributed by atoms with Crippen molar-refractivity contribution in [3.63, 3.8) is 0 Å². The molecule has 0 atom stereocenters. The number of fused-ring (bicyclic) bond motifs is 2. The van der Waals surface area contributed by atoms with E-state index in [-0.39, 0.29) is 6.54 Å². The molecular weight excluding hydrogens is 385 g/mol. The topological polar surface area (TPSA) is 77.1 Å². The fraction of sp³-hybridized carbons (Fsp3) is 0.0625. The summed E-state index contributed by atoms with van der Waals surface area (Å²) in [4.78, 5) is 28.5. The van der Waals surface area contributed by atoms with Crippen molar-refractivity contribution in [3.8, 4) is 0 Å². The number of nitrogens with one attached hydrogen (secondary N) is 1. The number of benzene rings is 2. The highest BCUT2D eigenvalue weighted by atomic mass is 35.5. The summed E-state index contributed by atoms with van der Waals surface area (Å²) in [5.41, 5.74) is 1.52. The third kappa shape index (κ3) is 2.90. The van der Waals surface area contributed by atoms with E-state index in [1.807, 2.05) is 0 Å². The SMILES string of the molecule is O=C(Cn1c(=O)oc2ccccc21)Nc1nc2c(Cl)c(Cl)ccc2s1. The van der Waals surface area contributed by atoms with Crippen molar-refractivity contribution in [2.24, 2.45) is 0 Å². The van der Waals surface area contributed by atoms with Gasteiger partial charge in [0.1, 0.15) is 12.1 Å². The molecule has 4 aromatic rings. The summed E-state index contributed by atoms with van der Waals surface area (Å²) in [6.07, 6.45) is 0. The molecule has 0 radical (unpaired) electrons. The van der Waals surface area contributed by atoms with Gasteiger partial charge in [0.15, 0.2) is 10.7 Å². The molecule has 0 unspecified atom stereocenters. The Morgan fingerprint density at radius 3 is 2.88 bits per heavy atom. The van der Waals surface area contributed by atoms with Gasteiger partial charge < -0.3 is 9.73 Å². The van der Waals surface area contributed by atoms with Gasteiger partial charge in [0, 0.05) is 0 Å². The van der Waals surface area contributed by atoms with Crippen LogP contribution in [0.2, 0.25) is 10.0 Å². The van der Waals surface area contributed by atoms with Crippen LogP contribution in [-0.4, -0.2) is 15.5 Å². The maximum atomic E-state index is 12.3. The minimum Gasteiger partial charge on any atom is -0.408 e. The Kier molecular flexibility index (Phi) is 3.99. The van der Waals surface area contributed by atoms with Gasteiger partial charge in [-0.05, 0) is 24.3 Å². The second-order valence-corrected chi connectivity index (χ2v) is 7.01. The highest BCUT2D eigenvalue weighted by molar-refractivity contribution is 7.22. The summed E-state index contributed by atoms with van der Waals surface area (Å²) in [5.74, 6) is -0.981. The molecular formula is C16H9Cl2N3O3S. The fourth-order valence-corrected chi connectivity index (χ4v) is 3.76. The number of carbonyl (C=O) groups excluding carboxylic acids is 1. The first-order valence-electron chi connectivity index (χ1n) is 7.15. The number of rotatable bonds is 3. The summed E-state index contributed by atoms with van der Waals surface area (Å²) in [6, 6.07) is 10.4. The number of anilines is 1. The third-order valence-electron chi connectivity index (χ3n) is 3.57. The van der Waals surface area contributed by atoms with E-state index >= 15 is 0 Å². The second-order valence-electron chi connectivity index (χ2n) is 5.20. The standard InChI is InChI=1S/C16H9Cl2N3O3S/c17-8-5-6-11-14(13(8)18)20-15(25-11)19-12(22)7-21-9-3-1-2-4-10(9)24-16(21)23/h1-6H,7H2,(H,19,20,22). The van der Waals surface area contributed by atoms with Crippen molar-refractivity contribution in [1.29, 1.82) is 0 Å². The first-order valence-corrected chi connectivity index (χ1v) is 8.73. The highest BCUT2D eigenvalue weighted by Gasteiger charge is 2.15. The smallest absolute Gasteiger partial charge is 0.408 e. The molecule has 2 aromatic heterocycles. The number of halogens is 2. The number of thiazole rings is 1. The quantitative estimate of drug-likeness (QED) is 0.566. The number of oxazole rings is 1. The van der Waals surface area contributed by atoms with Gasteiger partial charge in [-0.1, -0.05) is 46.7 Å². The highest BCUT2D eigenvalue weighted by Crippen LogP contribution is 2.35. The summed E-state index contributed by atoms with van der Waals surface area (Å²) < 4.78 is 7.18. The molecule has 0 saturated heterocycles. The molecule has 0 aliphatic carbocycles. The van der Waals surface area contributed by atoms with Crippen LogP contribution in [0.15, 0.2) is 45.6 Å². The zero-order valence-electron chi connectivity index (χ0n) is 12.5. The number of amides is 1. The zero-order chi connectivity index (χ0) is 17.6. The minimum absolute atomic E-state index is 0.180. The molecule has 25 heavy (non-hydrogen) atoms. The summed E-state index contributed by atoms with van der Waals surface area (Å²) in [7, 11) is 0. The van der Waals surface area contributed by atoms with Gasteiger partial charge in [-0.25, -0.2) is 9.78 Å². The molecule has 6 nitrogen and oxygen atoms in total. The molecule has 1 N–H and O–H groups in total. The van der Waals surface area contributed by atoms with Gasteiger partial charge in [-0.3, -0.25) is 9.36 Å². The van der Waals surface area contributed by atoms with Crippen molar-refractivity contribution >= 4 is 66.9 Å². The first-order chi connectivity index (χ1) is 12.0. The maximum absolute atomic E-state index is 12.3. The molecule has 2 aromatic carbocycles. The monoisotopic (exact) mass is 393 g/mol. The maximum Gasteiger partial charge on any atom is 0.420 e. The van der Waals surface area contributed by atoms with Crippen molar-refractivity contribution < 1.29 is 9.21 Å². The van der Waals surface area contributed by atoms with Gasteiger partial charge in [0.05, 0.1) is 20.3 Å². The zero-order valence-corrected chi connectivity index (χ0v) is 14.8. The van der Waals surface area contributed by atoms with Crippen molar-refractivity contribution in [3.05, 3.63) is 57.0 Å². The summed E-state index contributed by atoms with van der Waals surface area (Å²) >= 11 is 13.4. The number of carbonyl (C=O) groups is 1. The molecule has 0 fully saturated rings.